The lowest BCUT2D eigenvalue weighted by atomic mass is 10.0. The van der Waals surface area contributed by atoms with Crippen LogP contribution in [0.1, 0.15) is 36.5 Å². The Morgan fingerprint density at radius 2 is 1.84 bits per heavy atom. The minimum Gasteiger partial charge on any atom is -0.480 e. The first kappa shape index (κ1) is 23.8. The Kier molecular flexibility index (Phi) is 8.28. The Morgan fingerprint density at radius 1 is 1.12 bits per heavy atom. The van der Waals surface area contributed by atoms with Crippen LogP contribution in [0.2, 0.25) is 0 Å². The van der Waals surface area contributed by atoms with Crippen LogP contribution in [0, 0.1) is 11.8 Å². The Balaban J connectivity index is 1.61. The number of aliphatic carboxylic acids is 1. The monoisotopic (exact) mass is 457 g/mol. The zero-order valence-corrected chi connectivity index (χ0v) is 18.5. The fourth-order valence-electron chi connectivity index (χ4n) is 3.67. The third-order valence-corrected chi connectivity index (χ3v) is 7.14. The standard InChI is InChI=1S/C24H27NO6S/c26-23(14-9-19-6-2-1-3-7-19)20-10-12-22(13-11-20)25-21(15-17-32(25,29)30)8-4-5-16-31-18-24(27)28/h1-3,6-7,10-13,21,23,26H,8-9,14-18H2,(H,27,28). The van der Waals surface area contributed by atoms with Crippen molar-refractivity contribution in [2.24, 2.45) is 0 Å². The molecule has 1 heterocycles. The second kappa shape index (κ2) is 11.1. The van der Waals surface area contributed by atoms with E-state index in [1.807, 2.05) is 30.3 Å². The summed E-state index contributed by atoms with van der Waals surface area (Å²) in [6.45, 7) is -0.427. The largest absolute Gasteiger partial charge is 0.480 e. The summed E-state index contributed by atoms with van der Waals surface area (Å²) in [7, 11) is -3.43. The SMILES string of the molecule is O=C(O)COCC#CCC1CCS(=O)(=O)N1c1ccc(C(O)CCc2ccccc2)cc1. The molecule has 8 heteroatoms. The second-order valence-corrected chi connectivity index (χ2v) is 9.60. The van der Waals surface area contributed by atoms with Crippen LogP contribution in [0.25, 0.3) is 0 Å². The predicted molar refractivity (Wildman–Crippen MR) is 122 cm³/mol. The number of rotatable bonds is 9. The minimum absolute atomic E-state index is 0.0126. The topological polar surface area (TPSA) is 104 Å². The third kappa shape index (κ3) is 6.57. The number of carbonyl (C=O) groups is 1. The zero-order valence-electron chi connectivity index (χ0n) is 17.7. The average molecular weight is 458 g/mol. The summed E-state index contributed by atoms with van der Waals surface area (Å²) in [6.07, 6.45) is 1.49. The lowest BCUT2D eigenvalue weighted by Crippen LogP contribution is -2.32. The van der Waals surface area contributed by atoms with Gasteiger partial charge in [0.05, 0.1) is 23.6 Å². The molecule has 7 nitrogen and oxygen atoms in total. The molecule has 0 amide bonds. The maximum absolute atomic E-state index is 12.6. The average Bonchev–Trinajstić information content (AvgIpc) is 3.09. The van der Waals surface area contributed by atoms with E-state index in [0.717, 1.165) is 17.5 Å². The van der Waals surface area contributed by atoms with Crippen LogP contribution in [-0.2, 0) is 26.0 Å². The first-order valence-corrected chi connectivity index (χ1v) is 12.1. The predicted octanol–water partition coefficient (Wildman–Crippen LogP) is 2.76. The van der Waals surface area contributed by atoms with E-state index in [9.17, 15) is 18.3 Å². The number of ether oxygens (including phenoxy) is 1. The van der Waals surface area contributed by atoms with Crippen molar-refractivity contribution >= 4 is 21.7 Å². The highest BCUT2D eigenvalue weighted by Crippen LogP contribution is 2.32. The lowest BCUT2D eigenvalue weighted by Gasteiger charge is -2.24. The summed E-state index contributed by atoms with van der Waals surface area (Å²) in [5.74, 6) is 4.61. The highest BCUT2D eigenvalue weighted by molar-refractivity contribution is 7.93. The van der Waals surface area contributed by atoms with Gasteiger partial charge in [0.2, 0.25) is 10.0 Å². The smallest absolute Gasteiger partial charge is 0.329 e. The molecule has 2 aromatic carbocycles. The molecule has 0 aromatic heterocycles. The summed E-state index contributed by atoms with van der Waals surface area (Å²) in [5.41, 5.74) is 2.45. The number of benzene rings is 2. The molecule has 1 aliphatic heterocycles. The zero-order chi connectivity index (χ0) is 23.0. The van der Waals surface area contributed by atoms with E-state index in [1.165, 1.54) is 4.31 Å². The summed E-state index contributed by atoms with van der Waals surface area (Å²) in [5, 5.41) is 19.0. The van der Waals surface area contributed by atoms with Crippen LogP contribution < -0.4 is 4.31 Å². The van der Waals surface area contributed by atoms with Crippen molar-refractivity contribution in [1.29, 1.82) is 0 Å². The number of carboxylic acids is 1. The van der Waals surface area contributed by atoms with E-state index < -0.39 is 28.7 Å². The molecule has 170 valence electrons. The van der Waals surface area contributed by atoms with Gasteiger partial charge in [-0.2, -0.15) is 0 Å². The number of hydrogen-bond acceptors (Lipinski definition) is 5. The highest BCUT2D eigenvalue weighted by atomic mass is 32.2. The van der Waals surface area contributed by atoms with Gasteiger partial charge in [-0.05, 0) is 42.5 Å². The second-order valence-electron chi connectivity index (χ2n) is 7.63. The first-order valence-electron chi connectivity index (χ1n) is 10.5. The molecule has 2 atom stereocenters. The van der Waals surface area contributed by atoms with E-state index >= 15 is 0 Å². The molecular formula is C24H27NO6S. The first-order chi connectivity index (χ1) is 15.4. The molecule has 1 saturated heterocycles. The van der Waals surface area contributed by atoms with Crippen molar-refractivity contribution < 1.29 is 28.2 Å². The van der Waals surface area contributed by atoms with Gasteiger partial charge in [0.1, 0.15) is 13.2 Å². The van der Waals surface area contributed by atoms with Crippen molar-refractivity contribution in [1.82, 2.24) is 0 Å². The summed E-state index contributed by atoms with van der Waals surface area (Å²) in [4.78, 5) is 10.4. The quantitative estimate of drug-likeness (QED) is 0.443. The van der Waals surface area contributed by atoms with E-state index in [1.54, 1.807) is 24.3 Å². The van der Waals surface area contributed by atoms with Crippen LogP contribution in [0.3, 0.4) is 0 Å². The molecule has 2 N–H and O–H groups in total. The fourth-order valence-corrected chi connectivity index (χ4v) is 5.52. The van der Waals surface area contributed by atoms with Crippen LogP contribution in [0.4, 0.5) is 5.69 Å². The normalized spacial score (nSPS) is 18.0. The van der Waals surface area contributed by atoms with Gasteiger partial charge in [-0.3, -0.25) is 4.31 Å². The van der Waals surface area contributed by atoms with Gasteiger partial charge in [-0.25, -0.2) is 13.2 Å². The number of sulfonamides is 1. The van der Waals surface area contributed by atoms with Crippen LogP contribution >= 0.6 is 0 Å². The Hall–Kier alpha value is -2.86. The number of hydrogen-bond donors (Lipinski definition) is 2. The molecule has 3 rings (SSSR count). The fraction of sp³-hybridized carbons (Fsp3) is 0.375. The number of nitrogens with zero attached hydrogens (tertiary/aromatic N) is 1. The van der Waals surface area contributed by atoms with Crippen molar-refractivity contribution in [2.75, 3.05) is 23.3 Å². The van der Waals surface area contributed by atoms with E-state index in [0.29, 0.717) is 24.9 Å². The Bertz CT molecular complexity index is 1060. The molecule has 1 aliphatic rings. The van der Waals surface area contributed by atoms with Crippen molar-refractivity contribution in [3.8, 4) is 11.8 Å². The molecule has 32 heavy (non-hydrogen) atoms. The Morgan fingerprint density at radius 3 is 2.53 bits per heavy atom. The molecule has 0 spiro atoms. The number of aliphatic hydroxyl groups excluding tert-OH is 1. The molecule has 0 bridgehead atoms. The van der Waals surface area contributed by atoms with Crippen LogP contribution in [-0.4, -0.2) is 49.6 Å². The number of aryl methyl sites for hydroxylation is 1. The van der Waals surface area contributed by atoms with Gasteiger partial charge in [0.15, 0.2) is 0 Å². The number of aliphatic hydroxyl groups is 1. The molecule has 2 unspecified atom stereocenters. The van der Waals surface area contributed by atoms with E-state index in [2.05, 4.69) is 11.8 Å². The maximum atomic E-state index is 12.6. The molecule has 0 saturated carbocycles. The lowest BCUT2D eigenvalue weighted by molar-refractivity contribution is -0.141. The molecule has 0 aliphatic carbocycles. The van der Waals surface area contributed by atoms with Gasteiger partial charge >= 0.3 is 5.97 Å². The summed E-state index contributed by atoms with van der Waals surface area (Å²) < 4.78 is 31.5. The Labute approximate surface area is 188 Å². The number of carboxylic acid groups (broad SMARTS) is 1. The third-order valence-electron chi connectivity index (χ3n) is 5.28. The van der Waals surface area contributed by atoms with Gasteiger partial charge in [0, 0.05) is 6.42 Å². The molecule has 2 aromatic rings. The minimum atomic E-state index is -3.43. The van der Waals surface area contributed by atoms with E-state index in [4.69, 9.17) is 9.84 Å². The van der Waals surface area contributed by atoms with Gasteiger partial charge in [-0.1, -0.05) is 54.3 Å². The van der Waals surface area contributed by atoms with Gasteiger partial charge in [-0.15, -0.1) is 0 Å². The van der Waals surface area contributed by atoms with Gasteiger partial charge < -0.3 is 14.9 Å². The van der Waals surface area contributed by atoms with E-state index in [-0.39, 0.29) is 18.4 Å². The van der Waals surface area contributed by atoms with Crippen LogP contribution in [0.5, 0.6) is 0 Å². The maximum Gasteiger partial charge on any atom is 0.329 e. The van der Waals surface area contributed by atoms with Crippen LogP contribution in [0.15, 0.2) is 54.6 Å². The van der Waals surface area contributed by atoms with Crippen molar-refractivity contribution in [3.05, 3.63) is 65.7 Å². The number of anilines is 1. The summed E-state index contributed by atoms with van der Waals surface area (Å²) >= 11 is 0. The molecular weight excluding hydrogens is 430 g/mol. The highest BCUT2D eigenvalue weighted by Gasteiger charge is 2.36. The molecule has 1 fully saturated rings. The van der Waals surface area contributed by atoms with Crippen molar-refractivity contribution in [2.45, 2.75) is 37.8 Å². The van der Waals surface area contributed by atoms with Gasteiger partial charge in [0.25, 0.3) is 0 Å². The van der Waals surface area contributed by atoms with Crippen molar-refractivity contribution in [3.63, 3.8) is 0 Å². The molecule has 0 radical (unpaired) electrons. The summed E-state index contributed by atoms with van der Waals surface area (Å²) in [6, 6.07) is 16.6.